The van der Waals surface area contributed by atoms with Gasteiger partial charge in [0, 0.05) is 37.7 Å². The van der Waals surface area contributed by atoms with Crippen molar-refractivity contribution in [3.63, 3.8) is 0 Å². The van der Waals surface area contributed by atoms with Crippen LogP contribution < -0.4 is 0 Å². The zero-order valence-electron chi connectivity index (χ0n) is 11.8. The minimum Gasteiger partial charge on any atom is -0.326 e. The van der Waals surface area contributed by atoms with Crippen molar-refractivity contribution in [1.29, 1.82) is 5.26 Å². The maximum atomic E-state index is 9.07. The highest BCUT2D eigenvalue weighted by atomic mass is 35.5. The minimum atomic E-state index is 0.395. The molecule has 1 aromatic heterocycles. The number of aromatic nitrogens is 2. The Balaban J connectivity index is 1.86. The number of rotatable bonds is 4. The standard InChI is InChI=1S/C15H17ClN4S/c16-10-15-18-13-2-1-12(11-17)9-14(13)20(15)4-3-19-5-7-21-8-6-19/h1-2,9H,3-8,10H2. The molecule has 1 saturated heterocycles. The predicted molar refractivity (Wildman–Crippen MR) is 87.8 cm³/mol. The minimum absolute atomic E-state index is 0.395. The zero-order valence-corrected chi connectivity index (χ0v) is 13.3. The summed E-state index contributed by atoms with van der Waals surface area (Å²) in [5.41, 5.74) is 2.59. The van der Waals surface area contributed by atoms with Crippen molar-refractivity contribution >= 4 is 34.4 Å². The molecular formula is C15H17ClN4S. The Labute approximate surface area is 133 Å². The second-order valence-electron chi connectivity index (χ2n) is 5.08. The van der Waals surface area contributed by atoms with Gasteiger partial charge < -0.3 is 4.57 Å². The number of halogens is 1. The van der Waals surface area contributed by atoms with Gasteiger partial charge in [-0.2, -0.15) is 17.0 Å². The first kappa shape index (κ1) is 14.7. The maximum Gasteiger partial charge on any atom is 0.124 e. The van der Waals surface area contributed by atoms with Crippen LogP contribution in [0.2, 0.25) is 0 Å². The van der Waals surface area contributed by atoms with Crippen LogP contribution in [0.5, 0.6) is 0 Å². The molecule has 2 aromatic rings. The fraction of sp³-hybridized carbons (Fsp3) is 0.467. The lowest BCUT2D eigenvalue weighted by molar-refractivity contribution is 0.290. The molecule has 3 rings (SSSR count). The molecule has 0 saturated carbocycles. The van der Waals surface area contributed by atoms with Gasteiger partial charge in [-0.05, 0) is 18.2 Å². The quantitative estimate of drug-likeness (QED) is 0.813. The van der Waals surface area contributed by atoms with Gasteiger partial charge in [0.15, 0.2) is 0 Å². The van der Waals surface area contributed by atoms with E-state index in [9.17, 15) is 0 Å². The molecule has 6 heteroatoms. The molecular weight excluding hydrogens is 304 g/mol. The summed E-state index contributed by atoms with van der Waals surface area (Å²) in [7, 11) is 0. The van der Waals surface area contributed by atoms with Crippen LogP contribution in [0.3, 0.4) is 0 Å². The molecule has 0 aliphatic carbocycles. The summed E-state index contributed by atoms with van der Waals surface area (Å²) in [5.74, 6) is 3.71. The lowest BCUT2D eigenvalue weighted by atomic mass is 10.2. The van der Waals surface area contributed by atoms with Crippen LogP contribution in [0.4, 0.5) is 0 Å². The first-order chi connectivity index (χ1) is 10.3. The van der Waals surface area contributed by atoms with Gasteiger partial charge in [0.1, 0.15) is 5.82 Å². The van der Waals surface area contributed by atoms with E-state index in [0.717, 1.165) is 43.0 Å². The van der Waals surface area contributed by atoms with Gasteiger partial charge in [-0.1, -0.05) is 0 Å². The average molecular weight is 321 g/mol. The van der Waals surface area contributed by atoms with E-state index in [4.69, 9.17) is 16.9 Å². The molecule has 2 heterocycles. The van der Waals surface area contributed by atoms with Crippen LogP contribution in [-0.2, 0) is 12.4 Å². The highest BCUT2D eigenvalue weighted by Gasteiger charge is 2.14. The van der Waals surface area contributed by atoms with E-state index in [-0.39, 0.29) is 0 Å². The molecule has 1 fully saturated rings. The molecule has 1 aliphatic rings. The van der Waals surface area contributed by atoms with Crippen molar-refractivity contribution in [2.45, 2.75) is 12.4 Å². The number of thioether (sulfide) groups is 1. The van der Waals surface area contributed by atoms with Gasteiger partial charge in [0.25, 0.3) is 0 Å². The second-order valence-corrected chi connectivity index (χ2v) is 6.57. The van der Waals surface area contributed by atoms with E-state index in [1.54, 1.807) is 6.07 Å². The fourth-order valence-electron chi connectivity index (χ4n) is 2.66. The summed E-state index contributed by atoms with van der Waals surface area (Å²) in [5, 5.41) is 9.07. The number of nitriles is 1. The molecule has 0 spiro atoms. The van der Waals surface area contributed by atoms with E-state index in [0.29, 0.717) is 11.4 Å². The molecule has 0 unspecified atom stereocenters. The Bertz CT molecular complexity index is 670. The number of fused-ring (bicyclic) bond motifs is 1. The molecule has 0 atom stereocenters. The molecule has 1 aliphatic heterocycles. The molecule has 0 bridgehead atoms. The Hall–Kier alpha value is -1.22. The maximum absolute atomic E-state index is 9.07. The molecule has 0 amide bonds. The SMILES string of the molecule is N#Cc1ccc2nc(CCl)n(CCN3CCSCC3)c2c1. The third-order valence-electron chi connectivity index (χ3n) is 3.82. The zero-order chi connectivity index (χ0) is 14.7. The molecule has 4 nitrogen and oxygen atoms in total. The first-order valence-corrected chi connectivity index (χ1v) is 8.76. The van der Waals surface area contributed by atoms with Crippen molar-refractivity contribution in [3.05, 3.63) is 29.6 Å². The predicted octanol–water partition coefficient (Wildman–Crippen LogP) is 2.70. The largest absolute Gasteiger partial charge is 0.326 e. The summed E-state index contributed by atoms with van der Waals surface area (Å²) in [6.45, 7) is 4.18. The topological polar surface area (TPSA) is 44.9 Å². The molecule has 1 aromatic carbocycles. The Morgan fingerprint density at radius 3 is 2.81 bits per heavy atom. The van der Waals surface area contributed by atoms with Crippen LogP contribution in [0.25, 0.3) is 11.0 Å². The smallest absolute Gasteiger partial charge is 0.124 e. The van der Waals surface area contributed by atoms with Gasteiger partial charge in [-0.25, -0.2) is 4.98 Å². The van der Waals surface area contributed by atoms with Crippen LogP contribution in [-0.4, -0.2) is 45.6 Å². The average Bonchev–Trinajstić information content (AvgIpc) is 2.90. The van der Waals surface area contributed by atoms with Gasteiger partial charge >= 0.3 is 0 Å². The molecule has 21 heavy (non-hydrogen) atoms. The molecule has 110 valence electrons. The summed E-state index contributed by atoms with van der Waals surface area (Å²) in [6.07, 6.45) is 0. The van der Waals surface area contributed by atoms with Gasteiger partial charge in [0.2, 0.25) is 0 Å². The van der Waals surface area contributed by atoms with Gasteiger partial charge in [-0.3, -0.25) is 4.90 Å². The Kier molecular flexibility index (Phi) is 4.69. The number of nitrogens with zero attached hydrogens (tertiary/aromatic N) is 4. The second kappa shape index (κ2) is 6.69. The van der Waals surface area contributed by atoms with Crippen LogP contribution >= 0.6 is 23.4 Å². The summed E-state index contributed by atoms with van der Waals surface area (Å²) in [6, 6.07) is 7.80. The van der Waals surface area contributed by atoms with Crippen molar-refractivity contribution < 1.29 is 0 Å². The van der Waals surface area contributed by atoms with Crippen molar-refractivity contribution in [1.82, 2.24) is 14.5 Å². The number of hydrogen-bond acceptors (Lipinski definition) is 4. The van der Waals surface area contributed by atoms with E-state index in [1.807, 2.05) is 23.9 Å². The first-order valence-electron chi connectivity index (χ1n) is 7.07. The van der Waals surface area contributed by atoms with Crippen LogP contribution in [0.15, 0.2) is 18.2 Å². The number of hydrogen-bond donors (Lipinski definition) is 0. The Morgan fingerprint density at radius 2 is 2.10 bits per heavy atom. The summed E-state index contributed by atoms with van der Waals surface area (Å²) < 4.78 is 2.16. The number of imidazole rings is 1. The fourth-order valence-corrected chi connectivity index (χ4v) is 3.84. The molecule has 0 radical (unpaired) electrons. The van der Waals surface area contributed by atoms with Crippen LogP contribution in [0, 0.1) is 11.3 Å². The van der Waals surface area contributed by atoms with E-state index < -0.39 is 0 Å². The normalized spacial score (nSPS) is 16.2. The van der Waals surface area contributed by atoms with Gasteiger partial charge in [0.05, 0.1) is 28.5 Å². The summed E-state index contributed by atoms with van der Waals surface area (Å²) in [4.78, 5) is 7.05. The van der Waals surface area contributed by atoms with E-state index in [2.05, 4.69) is 20.5 Å². The third-order valence-corrected chi connectivity index (χ3v) is 5.00. The van der Waals surface area contributed by atoms with Crippen LogP contribution in [0.1, 0.15) is 11.4 Å². The lowest BCUT2D eigenvalue weighted by Crippen LogP contribution is -2.35. The number of benzene rings is 1. The van der Waals surface area contributed by atoms with Crippen molar-refractivity contribution in [3.8, 4) is 6.07 Å². The summed E-state index contributed by atoms with van der Waals surface area (Å²) >= 11 is 8.05. The van der Waals surface area contributed by atoms with E-state index in [1.165, 1.54) is 11.5 Å². The highest BCUT2D eigenvalue weighted by molar-refractivity contribution is 7.99. The molecule has 0 N–H and O–H groups in total. The lowest BCUT2D eigenvalue weighted by Gasteiger charge is -2.26. The third kappa shape index (κ3) is 3.18. The highest BCUT2D eigenvalue weighted by Crippen LogP contribution is 2.19. The monoisotopic (exact) mass is 320 g/mol. The van der Waals surface area contributed by atoms with Crippen molar-refractivity contribution in [2.24, 2.45) is 0 Å². The van der Waals surface area contributed by atoms with E-state index >= 15 is 0 Å². The van der Waals surface area contributed by atoms with Gasteiger partial charge in [-0.15, -0.1) is 11.6 Å². The Morgan fingerprint density at radius 1 is 1.29 bits per heavy atom. The van der Waals surface area contributed by atoms with Crippen molar-refractivity contribution in [2.75, 3.05) is 31.1 Å². The number of alkyl halides is 1.